The molecule has 1 N–H and O–H groups in total. The number of methoxy groups -OCH3 is 1. The van der Waals surface area contributed by atoms with E-state index in [0.29, 0.717) is 4.77 Å². The highest BCUT2D eigenvalue weighted by Crippen LogP contribution is 2.23. The predicted molar refractivity (Wildman–Crippen MR) is 85.5 cm³/mol. The van der Waals surface area contributed by atoms with Gasteiger partial charge in [0, 0.05) is 5.56 Å². The third kappa shape index (κ3) is 2.60. The van der Waals surface area contributed by atoms with Crippen molar-refractivity contribution in [1.82, 2.24) is 14.8 Å². The van der Waals surface area contributed by atoms with Crippen LogP contribution in [-0.2, 0) is 0 Å². The minimum absolute atomic E-state index is 0.566. The molecular weight excluding hydrogens is 282 g/mol. The zero-order chi connectivity index (χ0) is 14.8. The fraction of sp³-hybridized carbons (Fsp3) is 0.125. The number of ether oxygens (including phenoxy) is 1. The molecule has 5 heteroatoms. The average Bonchev–Trinajstić information content (AvgIpc) is 2.89. The summed E-state index contributed by atoms with van der Waals surface area (Å²) in [5.74, 6) is 1.61. The Bertz CT molecular complexity index is 818. The van der Waals surface area contributed by atoms with Gasteiger partial charge in [0.05, 0.1) is 12.8 Å². The monoisotopic (exact) mass is 297 g/mol. The van der Waals surface area contributed by atoms with Crippen LogP contribution in [0.3, 0.4) is 0 Å². The van der Waals surface area contributed by atoms with Gasteiger partial charge in [-0.05, 0) is 49.5 Å². The summed E-state index contributed by atoms with van der Waals surface area (Å²) < 4.78 is 7.68. The van der Waals surface area contributed by atoms with Crippen molar-refractivity contribution in [2.24, 2.45) is 0 Å². The topological polar surface area (TPSA) is 42.8 Å². The number of hydrogen-bond donors (Lipinski definition) is 1. The van der Waals surface area contributed by atoms with Gasteiger partial charge in [0.25, 0.3) is 0 Å². The molecule has 2 aromatic carbocycles. The third-order valence-corrected chi connectivity index (χ3v) is 3.55. The van der Waals surface area contributed by atoms with Crippen LogP contribution in [0.5, 0.6) is 5.75 Å². The highest BCUT2D eigenvalue weighted by Gasteiger charge is 2.10. The summed E-state index contributed by atoms with van der Waals surface area (Å²) >= 11 is 5.36. The minimum Gasteiger partial charge on any atom is -0.497 e. The Morgan fingerprint density at radius 3 is 2.57 bits per heavy atom. The quantitative estimate of drug-likeness (QED) is 0.745. The van der Waals surface area contributed by atoms with Crippen molar-refractivity contribution < 1.29 is 4.74 Å². The molecule has 3 rings (SSSR count). The highest BCUT2D eigenvalue weighted by atomic mass is 32.1. The van der Waals surface area contributed by atoms with E-state index in [1.54, 1.807) is 7.11 Å². The molecule has 0 aliphatic heterocycles. The Kier molecular flexibility index (Phi) is 3.58. The number of rotatable bonds is 3. The van der Waals surface area contributed by atoms with E-state index in [1.807, 2.05) is 41.0 Å². The molecule has 3 aromatic rings. The van der Waals surface area contributed by atoms with Gasteiger partial charge in [0.1, 0.15) is 5.75 Å². The summed E-state index contributed by atoms with van der Waals surface area (Å²) in [6.07, 6.45) is 0. The van der Waals surface area contributed by atoms with Crippen molar-refractivity contribution in [3.8, 4) is 22.8 Å². The van der Waals surface area contributed by atoms with Gasteiger partial charge < -0.3 is 4.74 Å². The van der Waals surface area contributed by atoms with Gasteiger partial charge in [-0.3, -0.25) is 9.67 Å². The van der Waals surface area contributed by atoms with Crippen LogP contribution in [0.15, 0.2) is 48.5 Å². The molecule has 0 aliphatic rings. The van der Waals surface area contributed by atoms with Crippen molar-refractivity contribution in [3.63, 3.8) is 0 Å². The van der Waals surface area contributed by atoms with Crippen LogP contribution < -0.4 is 4.74 Å². The first-order chi connectivity index (χ1) is 10.2. The van der Waals surface area contributed by atoms with Crippen molar-refractivity contribution in [3.05, 3.63) is 58.9 Å². The van der Waals surface area contributed by atoms with Crippen LogP contribution in [-0.4, -0.2) is 21.9 Å². The van der Waals surface area contributed by atoms with Crippen LogP contribution in [0, 0.1) is 11.7 Å². The second kappa shape index (κ2) is 5.54. The highest BCUT2D eigenvalue weighted by molar-refractivity contribution is 7.71. The van der Waals surface area contributed by atoms with Gasteiger partial charge in [0.2, 0.25) is 0 Å². The molecule has 0 amide bonds. The van der Waals surface area contributed by atoms with Crippen LogP contribution in [0.2, 0.25) is 0 Å². The second-order valence-electron chi connectivity index (χ2n) is 4.76. The minimum atomic E-state index is 0.566. The lowest BCUT2D eigenvalue weighted by atomic mass is 10.1. The Labute approximate surface area is 128 Å². The lowest BCUT2D eigenvalue weighted by Gasteiger charge is -2.08. The van der Waals surface area contributed by atoms with Gasteiger partial charge in [-0.15, -0.1) is 0 Å². The molecule has 0 radical (unpaired) electrons. The number of nitrogens with one attached hydrogen (secondary N) is 1. The molecule has 21 heavy (non-hydrogen) atoms. The first-order valence-corrected chi connectivity index (χ1v) is 6.99. The van der Waals surface area contributed by atoms with Crippen molar-refractivity contribution >= 4 is 12.2 Å². The maximum Gasteiger partial charge on any atom is 0.200 e. The predicted octanol–water partition coefficient (Wildman–Crippen LogP) is 3.91. The van der Waals surface area contributed by atoms with E-state index in [4.69, 9.17) is 17.0 Å². The summed E-state index contributed by atoms with van der Waals surface area (Å²) in [6, 6.07) is 15.9. The van der Waals surface area contributed by atoms with Crippen molar-refractivity contribution in [1.29, 1.82) is 0 Å². The van der Waals surface area contributed by atoms with Crippen molar-refractivity contribution in [2.75, 3.05) is 7.11 Å². The number of aromatic nitrogens is 3. The summed E-state index contributed by atoms with van der Waals surface area (Å²) in [5, 5.41) is 7.23. The molecule has 0 fully saturated rings. The molecule has 0 spiro atoms. The molecule has 0 bridgehead atoms. The molecule has 0 saturated heterocycles. The Morgan fingerprint density at radius 1 is 1.14 bits per heavy atom. The number of nitrogens with zero attached hydrogens (tertiary/aromatic N) is 2. The number of aryl methyl sites for hydroxylation is 1. The molecule has 0 unspecified atom stereocenters. The van der Waals surface area contributed by atoms with E-state index in [-0.39, 0.29) is 0 Å². The van der Waals surface area contributed by atoms with E-state index >= 15 is 0 Å². The summed E-state index contributed by atoms with van der Waals surface area (Å²) in [6.45, 7) is 2.06. The van der Waals surface area contributed by atoms with Crippen LogP contribution in [0.4, 0.5) is 0 Å². The zero-order valence-electron chi connectivity index (χ0n) is 11.8. The Balaban J connectivity index is 2.14. The van der Waals surface area contributed by atoms with E-state index in [2.05, 4.69) is 29.3 Å². The Hall–Kier alpha value is -2.40. The normalized spacial score (nSPS) is 10.6. The molecule has 0 atom stereocenters. The maximum atomic E-state index is 5.36. The number of aromatic amines is 1. The molecule has 0 saturated carbocycles. The fourth-order valence-corrected chi connectivity index (χ4v) is 2.48. The summed E-state index contributed by atoms with van der Waals surface area (Å²) in [7, 11) is 1.65. The molecule has 1 heterocycles. The SMILES string of the molecule is COc1ccc(-n2c(-c3cccc(C)c3)n[nH]c2=S)cc1. The van der Waals surface area contributed by atoms with Crippen LogP contribution in [0.25, 0.3) is 17.1 Å². The van der Waals surface area contributed by atoms with Gasteiger partial charge in [-0.2, -0.15) is 5.10 Å². The zero-order valence-corrected chi connectivity index (χ0v) is 12.6. The molecule has 4 nitrogen and oxygen atoms in total. The summed E-state index contributed by atoms with van der Waals surface area (Å²) in [4.78, 5) is 0. The first-order valence-electron chi connectivity index (χ1n) is 6.58. The van der Waals surface area contributed by atoms with Crippen LogP contribution >= 0.6 is 12.2 Å². The fourth-order valence-electron chi connectivity index (χ4n) is 2.25. The van der Waals surface area contributed by atoms with Gasteiger partial charge in [-0.1, -0.05) is 23.8 Å². The lowest BCUT2D eigenvalue weighted by molar-refractivity contribution is 0.414. The first kappa shape index (κ1) is 13.6. The largest absolute Gasteiger partial charge is 0.497 e. The second-order valence-corrected chi connectivity index (χ2v) is 5.14. The average molecular weight is 297 g/mol. The van der Waals surface area contributed by atoms with Gasteiger partial charge >= 0.3 is 0 Å². The van der Waals surface area contributed by atoms with E-state index in [9.17, 15) is 0 Å². The van der Waals surface area contributed by atoms with E-state index in [0.717, 1.165) is 22.8 Å². The Morgan fingerprint density at radius 2 is 1.90 bits per heavy atom. The third-order valence-electron chi connectivity index (χ3n) is 3.28. The van der Waals surface area contributed by atoms with E-state index < -0.39 is 0 Å². The standard InChI is InChI=1S/C16H15N3OS/c1-11-4-3-5-12(10-11)15-17-18-16(21)19(15)13-6-8-14(20-2)9-7-13/h3-10H,1-2H3,(H,18,21). The molecular formula is C16H15N3OS. The molecule has 106 valence electrons. The summed E-state index contributed by atoms with van der Waals surface area (Å²) in [5.41, 5.74) is 3.16. The van der Waals surface area contributed by atoms with Gasteiger partial charge in [-0.25, -0.2) is 0 Å². The van der Waals surface area contributed by atoms with Crippen LogP contribution in [0.1, 0.15) is 5.56 Å². The number of benzene rings is 2. The van der Waals surface area contributed by atoms with Gasteiger partial charge in [0.15, 0.2) is 10.6 Å². The molecule has 1 aromatic heterocycles. The van der Waals surface area contributed by atoms with E-state index in [1.165, 1.54) is 5.56 Å². The lowest BCUT2D eigenvalue weighted by Crippen LogP contribution is -1.98. The smallest absolute Gasteiger partial charge is 0.200 e. The number of hydrogen-bond acceptors (Lipinski definition) is 3. The number of H-pyrrole nitrogens is 1. The molecule has 0 aliphatic carbocycles. The van der Waals surface area contributed by atoms with Crippen molar-refractivity contribution in [2.45, 2.75) is 6.92 Å². The maximum absolute atomic E-state index is 5.36.